The third kappa shape index (κ3) is 4.33. The number of piperidine rings is 1. The molecule has 1 aliphatic rings. The highest BCUT2D eigenvalue weighted by molar-refractivity contribution is 7.84. The van der Waals surface area contributed by atoms with Gasteiger partial charge in [-0.25, -0.2) is 9.93 Å². The lowest BCUT2D eigenvalue weighted by Crippen LogP contribution is -2.42. The zero-order valence-electron chi connectivity index (χ0n) is 9.09. The molecule has 1 rings (SSSR count). The molecule has 0 saturated carbocycles. The van der Waals surface area contributed by atoms with Gasteiger partial charge in [-0.3, -0.25) is 4.18 Å². The highest BCUT2D eigenvalue weighted by atomic mass is 32.2. The highest BCUT2D eigenvalue weighted by Gasteiger charge is 2.26. The normalized spacial score (nSPS) is 18.5. The van der Waals surface area contributed by atoms with Crippen LogP contribution in [0.15, 0.2) is 0 Å². The number of ether oxygens (including phenoxy) is 1. The molecule has 2 N–H and O–H groups in total. The van der Waals surface area contributed by atoms with Crippen LogP contribution < -0.4 is 5.14 Å². The molecule has 8 heteroatoms. The van der Waals surface area contributed by atoms with E-state index in [2.05, 4.69) is 4.18 Å². The van der Waals surface area contributed by atoms with Crippen LogP contribution in [0.1, 0.15) is 19.8 Å². The molecule has 0 aromatic heterocycles. The molecule has 0 bridgehead atoms. The molecule has 94 valence electrons. The minimum atomic E-state index is -3.91. The van der Waals surface area contributed by atoms with Gasteiger partial charge in [0.2, 0.25) is 0 Å². The molecular formula is C8H16N2O5S. The van der Waals surface area contributed by atoms with Crippen LogP contribution in [0, 0.1) is 0 Å². The average Bonchev–Trinajstić information content (AvgIpc) is 2.16. The Bertz CT molecular complexity index is 334. The molecule has 1 aliphatic heterocycles. The molecule has 0 atom stereocenters. The van der Waals surface area contributed by atoms with E-state index in [-0.39, 0.29) is 6.09 Å². The minimum Gasteiger partial charge on any atom is -0.450 e. The van der Waals surface area contributed by atoms with Crippen LogP contribution in [-0.2, 0) is 19.2 Å². The first-order valence-electron chi connectivity index (χ1n) is 5.05. The summed E-state index contributed by atoms with van der Waals surface area (Å²) >= 11 is 0. The average molecular weight is 252 g/mol. The SMILES string of the molecule is CCOC(=O)N1CCC(OS(N)(=O)=O)CC1. The summed E-state index contributed by atoms with van der Waals surface area (Å²) in [5.74, 6) is 0. The van der Waals surface area contributed by atoms with Gasteiger partial charge in [-0.15, -0.1) is 0 Å². The van der Waals surface area contributed by atoms with Crippen molar-refractivity contribution in [2.24, 2.45) is 5.14 Å². The first-order valence-corrected chi connectivity index (χ1v) is 6.52. The van der Waals surface area contributed by atoms with Gasteiger partial charge in [-0.2, -0.15) is 8.42 Å². The van der Waals surface area contributed by atoms with E-state index in [1.54, 1.807) is 6.92 Å². The van der Waals surface area contributed by atoms with Crippen LogP contribution in [-0.4, -0.2) is 45.2 Å². The Labute approximate surface area is 94.7 Å². The molecule has 16 heavy (non-hydrogen) atoms. The molecule has 0 radical (unpaired) electrons. The molecule has 0 aromatic rings. The molecule has 0 unspecified atom stereocenters. The van der Waals surface area contributed by atoms with Crippen LogP contribution in [0.3, 0.4) is 0 Å². The van der Waals surface area contributed by atoms with Gasteiger partial charge < -0.3 is 9.64 Å². The van der Waals surface area contributed by atoms with Gasteiger partial charge in [0.1, 0.15) is 0 Å². The Morgan fingerprint density at radius 2 is 2.00 bits per heavy atom. The fourth-order valence-electron chi connectivity index (χ4n) is 1.54. The standard InChI is InChI=1S/C8H16N2O5S/c1-2-14-8(11)10-5-3-7(4-6-10)15-16(9,12)13/h7H,2-6H2,1H3,(H2,9,12,13). The van der Waals surface area contributed by atoms with E-state index in [0.717, 1.165) is 0 Å². The lowest BCUT2D eigenvalue weighted by Gasteiger charge is -2.30. The van der Waals surface area contributed by atoms with E-state index in [9.17, 15) is 13.2 Å². The number of hydrogen-bond acceptors (Lipinski definition) is 5. The predicted molar refractivity (Wildman–Crippen MR) is 55.8 cm³/mol. The third-order valence-electron chi connectivity index (χ3n) is 2.24. The smallest absolute Gasteiger partial charge is 0.409 e. The molecule has 0 spiro atoms. The van der Waals surface area contributed by atoms with Crippen molar-refractivity contribution in [2.45, 2.75) is 25.9 Å². The second kappa shape index (κ2) is 5.46. The number of hydrogen-bond donors (Lipinski definition) is 1. The highest BCUT2D eigenvalue weighted by Crippen LogP contribution is 2.15. The summed E-state index contributed by atoms with van der Waals surface area (Å²) in [6.07, 6.45) is 0.0574. The second-order valence-electron chi connectivity index (χ2n) is 3.47. The zero-order chi connectivity index (χ0) is 12.2. The van der Waals surface area contributed by atoms with Gasteiger partial charge in [0.15, 0.2) is 0 Å². The number of carbonyl (C=O) groups is 1. The van der Waals surface area contributed by atoms with Crippen molar-refractivity contribution in [1.82, 2.24) is 4.90 Å². The molecular weight excluding hydrogens is 236 g/mol. The Morgan fingerprint density at radius 3 is 2.44 bits per heavy atom. The van der Waals surface area contributed by atoms with Crippen molar-refractivity contribution in [3.05, 3.63) is 0 Å². The van der Waals surface area contributed by atoms with Crippen molar-refractivity contribution in [3.63, 3.8) is 0 Å². The van der Waals surface area contributed by atoms with Gasteiger partial charge in [-0.1, -0.05) is 0 Å². The van der Waals surface area contributed by atoms with Gasteiger partial charge in [0.25, 0.3) is 0 Å². The van der Waals surface area contributed by atoms with E-state index in [1.807, 2.05) is 0 Å². The maximum Gasteiger partial charge on any atom is 0.409 e. The molecule has 1 fully saturated rings. The van der Waals surface area contributed by atoms with Gasteiger partial charge >= 0.3 is 16.4 Å². The summed E-state index contributed by atoms with van der Waals surface area (Å²) in [5, 5.41) is 4.75. The summed E-state index contributed by atoms with van der Waals surface area (Å²) in [6, 6.07) is 0. The number of nitrogens with two attached hydrogens (primary N) is 1. The molecule has 7 nitrogen and oxygen atoms in total. The number of likely N-dealkylation sites (tertiary alicyclic amines) is 1. The Balaban J connectivity index is 2.37. The van der Waals surface area contributed by atoms with E-state index in [4.69, 9.17) is 9.88 Å². The van der Waals surface area contributed by atoms with Gasteiger partial charge in [-0.05, 0) is 19.8 Å². The maximum atomic E-state index is 11.3. The molecule has 1 saturated heterocycles. The summed E-state index contributed by atoms with van der Waals surface area (Å²) in [5.41, 5.74) is 0. The quantitative estimate of drug-likeness (QED) is 0.751. The van der Waals surface area contributed by atoms with E-state index < -0.39 is 16.4 Å². The van der Waals surface area contributed by atoms with E-state index in [1.165, 1.54) is 4.90 Å². The van der Waals surface area contributed by atoms with Gasteiger partial charge in [0, 0.05) is 13.1 Å². The Morgan fingerprint density at radius 1 is 1.44 bits per heavy atom. The zero-order valence-corrected chi connectivity index (χ0v) is 9.90. The lowest BCUT2D eigenvalue weighted by molar-refractivity contribution is 0.0726. The third-order valence-corrected chi connectivity index (χ3v) is 2.78. The summed E-state index contributed by atoms with van der Waals surface area (Å²) in [4.78, 5) is 12.8. The number of rotatable bonds is 3. The molecule has 0 aromatic carbocycles. The number of carbonyl (C=O) groups excluding carboxylic acids is 1. The van der Waals surface area contributed by atoms with Crippen LogP contribution in [0.2, 0.25) is 0 Å². The van der Waals surface area contributed by atoms with Crippen molar-refractivity contribution in [2.75, 3.05) is 19.7 Å². The topological polar surface area (TPSA) is 98.9 Å². The maximum absolute atomic E-state index is 11.3. The summed E-state index contributed by atoms with van der Waals surface area (Å²) < 4.78 is 30.8. The van der Waals surface area contributed by atoms with Crippen molar-refractivity contribution in [1.29, 1.82) is 0 Å². The molecule has 1 amide bonds. The van der Waals surface area contributed by atoms with Gasteiger partial charge in [0.05, 0.1) is 12.7 Å². The Hall–Kier alpha value is -0.860. The largest absolute Gasteiger partial charge is 0.450 e. The minimum absolute atomic E-state index is 0.326. The number of amides is 1. The van der Waals surface area contributed by atoms with Crippen molar-refractivity contribution in [3.8, 4) is 0 Å². The summed E-state index contributed by atoms with van der Waals surface area (Å²) in [7, 11) is -3.91. The second-order valence-corrected chi connectivity index (χ2v) is 4.65. The fraction of sp³-hybridized carbons (Fsp3) is 0.875. The van der Waals surface area contributed by atoms with Crippen LogP contribution in [0.4, 0.5) is 4.79 Å². The Kier molecular flexibility index (Phi) is 4.51. The monoisotopic (exact) mass is 252 g/mol. The number of nitrogens with zero attached hydrogens (tertiary/aromatic N) is 1. The molecule has 1 heterocycles. The van der Waals surface area contributed by atoms with Crippen LogP contribution in [0.25, 0.3) is 0 Å². The predicted octanol–water partition coefficient (Wildman–Crippen LogP) is -0.173. The van der Waals surface area contributed by atoms with Crippen LogP contribution >= 0.6 is 0 Å². The fourth-order valence-corrected chi connectivity index (χ4v) is 2.11. The molecule has 0 aliphatic carbocycles. The lowest BCUT2D eigenvalue weighted by atomic mass is 10.1. The van der Waals surface area contributed by atoms with Crippen molar-refractivity contribution >= 4 is 16.4 Å². The van der Waals surface area contributed by atoms with E-state index >= 15 is 0 Å². The van der Waals surface area contributed by atoms with E-state index in [0.29, 0.717) is 32.5 Å². The first-order chi connectivity index (χ1) is 7.42. The summed E-state index contributed by atoms with van der Waals surface area (Å²) in [6.45, 7) is 2.89. The first kappa shape index (κ1) is 13.2. The van der Waals surface area contributed by atoms with Crippen molar-refractivity contribution < 1.29 is 22.1 Å². The van der Waals surface area contributed by atoms with Crippen LogP contribution in [0.5, 0.6) is 0 Å².